The highest BCUT2D eigenvalue weighted by molar-refractivity contribution is 7.89. The average molecular weight is 493 g/mol. The molecule has 1 amide bonds. The molecule has 2 aromatic rings. The Labute approximate surface area is 197 Å². The summed E-state index contributed by atoms with van der Waals surface area (Å²) in [5.41, 5.74) is 2.66. The number of carbonyl (C=O) groups excluding carboxylic acids is 2. The van der Waals surface area contributed by atoms with Crippen LogP contribution in [-0.2, 0) is 37.1 Å². The van der Waals surface area contributed by atoms with E-state index in [0.29, 0.717) is 49.0 Å². The molecular formula is C23H28N2O6S2. The summed E-state index contributed by atoms with van der Waals surface area (Å²) in [6.07, 6.45) is 2.85. The van der Waals surface area contributed by atoms with Gasteiger partial charge in [0.15, 0.2) is 6.61 Å². The molecule has 8 nitrogen and oxygen atoms in total. The van der Waals surface area contributed by atoms with E-state index >= 15 is 0 Å². The fourth-order valence-corrected chi connectivity index (χ4v) is 6.74. The van der Waals surface area contributed by atoms with Crippen LogP contribution in [0.25, 0.3) is 0 Å². The Bertz CT molecular complexity index is 1150. The Kier molecular flexibility index (Phi) is 7.18. The molecule has 1 atom stereocenters. The Morgan fingerprint density at radius 1 is 1.27 bits per heavy atom. The molecule has 1 aromatic carbocycles. The van der Waals surface area contributed by atoms with Crippen LogP contribution in [0.5, 0.6) is 0 Å². The van der Waals surface area contributed by atoms with Gasteiger partial charge in [-0.15, -0.1) is 11.3 Å². The van der Waals surface area contributed by atoms with Gasteiger partial charge < -0.3 is 14.8 Å². The van der Waals surface area contributed by atoms with Crippen molar-refractivity contribution in [3.63, 3.8) is 0 Å². The van der Waals surface area contributed by atoms with E-state index in [1.54, 1.807) is 24.3 Å². The summed E-state index contributed by atoms with van der Waals surface area (Å²) < 4.78 is 37.7. The van der Waals surface area contributed by atoms with Gasteiger partial charge in [-0.25, -0.2) is 13.2 Å². The lowest BCUT2D eigenvalue weighted by Gasteiger charge is -2.26. The number of rotatable bonds is 6. The molecule has 178 valence electrons. The second kappa shape index (κ2) is 9.92. The first-order valence-electron chi connectivity index (χ1n) is 11.0. The highest BCUT2D eigenvalue weighted by atomic mass is 32.2. The van der Waals surface area contributed by atoms with E-state index in [1.165, 1.54) is 21.3 Å². The van der Waals surface area contributed by atoms with Gasteiger partial charge in [-0.3, -0.25) is 4.79 Å². The molecule has 10 heteroatoms. The predicted octanol–water partition coefficient (Wildman–Crippen LogP) is 3.00. The number of sulfonamides is 1. The van der Waals surface area contributed by atoms with Crippen LogP contribution < -0.4 is 5.32 Å². The number of amides is 1. The van der Waals surface area contributed by atoms with Crippen molar-refractivity contribution >= 4 is 38.9 Å². The molecule has 4 rings (SSSR count). The summed E-state index contributed by atoms with van der Waals surface area (Å²) in [6.45, 7) is 4.82. The van der Waals surface area contributed by atoms with Gasteiger partial charge in [0, 0.05) is 29.0 Å². The lowest BCUT2D eigenvalue weighted by atomic mass is 9.88. The van der Waals surface area contributed by atoms with Gasteiger partial charge in [-0.05, 0) is 55.4 Å². The first-order valence-corrected chi connectivity index (χ1v) is 13.3. The molecule has 1 aliphatic carbocycles. The molecule has 2 heterocycles. The summed E-state index contributed by atoms with van der Waals surface area (Å²) in [4.78, 5) is 26.3. The predicted molar refractivity (Wildman–Crippen MR) is 125 cm³/mol. The number of esters is 1. The summed E-state index contributed by atoms with van der Waals surface area (Å²) in [7, 11) is -3.69. The molecule has 1 fully saturated rings. The molecule has 1 N–H and O–H groups in total. The normalized spacial score (nSPS) is 19.0. The number of morpholine rings is 1. The zero-order valence-corrected chi connectivity index (χ0v) is 20.4. The number of thiophene rings is 1. The molecule has 1 aliphatic heterocycles. The van der Waals surface area contributed by atoms with E-state index in [1.807, 2.05) is 5.38 Å². The van der Waals surface area contributed by atoms with Crippen LogP contribution in [0, 0.1) is 12.8 Å². The van der Waals surface area contributed by atoms with Gasteiger partial charge in [-0.2, -0.15) is 4.31 Å². The second-order valence-corrected chi connectivity index (χ2v) is 11.4. The first kappa shape index (κ1) is 23.9. The van der Waals surface area contributed by atoms with Crippen LogP contribution in [0.3, 0.4) is 0 Å². The summed E-state index contributed by atoms with van der Waals surface area (Å²) in [5, 5.41) is 4.49. The number of benzene rings is 1. The van der Waals surface area contributed by atoms with Crippen LogP contribution in [0.15, 0.2) is 28.5 Å². The molecule has 1 saturated heterocycles. The minimum absolute atomic E-state index is 0.0985. The number of aryl methyl sites for hydroxylation is 1. The van der Waals surface area contributed by atoms with Gasteiger partial charge >= 0.3 is 5.97 Å². The lowest BCUT2D eigenvalue weighted by molar-refractivity contribution is -0.119. The van der Waals surface area contributed by atoms with E-state index in [4.69, 9.17) is 9.47 Å². The number of nitrogens with one attached hydrogen (secondary N) is 1. The van der Waals surface area contributed by atoms with Crippen molar-refractivity contribution in [2.45, 2.75) is 38.0 Å². The fraction of sp³-hybridized carbons (Fsp3) is 0.478. The van der Waals surface area contributed by atoms with Gasteiger partial charge in [0.25, 0.3) is 5.91 Å². The average Bonchev–Trinajstić information content (AvgIpc) is 3.22. The fourth-order valence-electron chi connectivity index (χ4n) is 4.08. The Balaban J connectivity index is 1.39. The van der Waals surface area contributed by atoms with Crippen LogP contribution in [0.4, 0.5) is 5.69 Å². The van der Waals surface area contributed by atoms with Crippen molar-refractivity contribution in [2.24, 2.45) is 5.92 Å². The quantitative estimate of drug-likeness (QED) is 0.622. The van der Waals surface area contributed by atoms with Crippen LogP contribution in [0.2, 0.25) is 0 Å². The molecule has 2 aliphatic rings. The standard InChI is InChI=1S/C23H28N2O6S2/c1-15-3-6-18-19(14-32-21(18)11-15)23(27)31-13-22(26)24-20-12-17(5-4-16(20)2)33(28,29)25-7-9-30-10-8-25/h4-5,12,14-15H,3,6-11,13H2,1-2H3,(H,24,26). The van der Waals surface area contributed by atoms with Gasteiger partial charge in [0.05, 0.1) is 23.7 Å². The molecule has 1 aromatic heterocycles. The second-order valence-electron chi connectivity index (χ2n) is 8.52. The third kappa shape index (κ3) is 5.29. The van der Waals surface area contributed by atoms with Gasteiger partial charge in [0.2, 0.25) is 10.0 Å². The van der Waals surface area contributed by atoms with Crippen LogP contribution in [-0.4, -0.2) is 57.5 Å². The van der Waals surface area contributed by atoms with E-state index in [2.05, 4.69) is 12.2 Å². The molecule has 1 unspecified atom stereocenters. The topological polar surface area (TPSA) is 102 Å². The van der Waals surface area contributed by atoms with E-state index in [0.717, 1.165) is 24.8 Å². The molecule has 0 bridgehead atoms. The lowest BCUT2D eigenvalue weighted by Crippen LogP contribution is -2.40. The summed E-state index contributed by atoms with van der Waals surface area (Å²) in [5.74, 6) is -0.417. The summed E-state index contributed by atoms with van der Waals surface area (Å²) >= 11 is 1.57. The van der Waals surface area contributed by atoms with Crippen LogP contribution in [0.1, 0.15) is 39.7 Å². The first-order chi connectivity index (χ1) is 15.8. The highest BCUT2D eigenvalue weighted by Gasteiger charge is 2.27. The number of carbonyl (C=O) groups is 2. The number of nitrogens with zero attached hydrogens (tertiary/aromatic N) is 1. The monoisotopic (exact) mass is 492 g/mol. The van der Waals surface area contributed by atoms with Crippen molar-refractivity contribution in [3.05, 3.63) is 45.1 Å². The smallest absolute Gasteiger partial charge is 0.339 e. The van der Waals surface area contributed by atoms with Crippen molar-refractivity contribution in [1.82, 2.24) is 4.31 Å². The Morgan fingerprint density at radius 2 is 2.03 bits per heavy atom. The van der Waals surface area contributed by atoms with E-state index in [9.17, 15) is 18.0 Å². The minimum Gasteiger partial charge on any atom is -0.452 e. The Hall–Kier alpha value is -2.27. The number of hydrogen-bond donors (Lipinski definition) is 1. The van der Waals surface area contributed by atoms with Gasteiger partial charge in [0.1, 0.15) is 0 Å². The largest absolute Gasteiger partial charge is 0.452 e. The molecule has 0 spiro atoms. The molecule has 0 radical (unpaired) electrons. The highest BCUT2D eigenvalue weighted by Crippen LogP contribution is 2.33. The third-order valence-corrected chi connectivity index (χ3v) is 8.99. The number of hydrogen-bond acceptors (Lipinski definition) is 7. The van der Waals surface area contributed by atoms with Crippen molar-refractivity contribution in [2.75, 3.05) is 38.2 Å². The van der Waals surface area contributed by atoms with E-state index in [-0.39, 0.29) is 4.90 Å². The number of fused-ring (bicyclic) bond motifs is 1. The summed E-state index contributed by atoms with van der Waals surface area (Å²) in [6, 6.07) is 4.61. The van der Waals surface area contributed by atoms with Crippen molar-refractivity contribution in [1.29, 1.82) is 0 Å². The zero-order valence-electron chi connectivity index (χ0n) is 18.8. The SMILES string of the molecule is Cc1ccc(S(=O)(=O)N2CCOCC2)cc1NC(=O)COC(=O)c1csc2c1CCC(C)C2. The molecular weight excluding hydrogens is 464 g/mol. The van der Waals surface area contributed by atoms with Crippen molar-refractivity contribution < 1.29 is 27.5 Å². The van der Waals surface area contributed by atoms with Crippen LogP contribution >= 0.6 is 11.3 Å². The van der Waals surface area contributed by atoms with Gasteiger partial charge in [-0.1, -0.05) is 13.0 Å². The Morgan fingerprint density at radius 3 is 2.79 bits per heavy atom. The van der Waals surface area contributed by atoms with E-state index < -0.39 is 28.5 Å². The molecule has 0 saturated carbocycles. The maximum absolute atomic E-state index is 12.9. The number of ether oxygens (including phenoxy) is 2. The van der Waals surface area contributed by atoms with Crippen molar-refractivity contribution in [3.8, 4) is 0 Å². The number of anilines is 1. The maximum atomic E-state index is 12.9. The molecule has 33 heavy (non-hydrogen) atoms. The minimum atomic E-state index is -3.69. The third-order valence-electron chi connectivity index (χ3n) is 6.05. The zero-order chi connectivity index (χ0) is 23.6. The maximum Gasteiger partial charge on any atom is 0.339 e.